The van der Waals surface area contributed by atoms with Crippen LogP contribution in [0.5, 0.6) is 0 Å². The van der Waals surface area contributed by atoms with Gasteiger partial charge in [0.25, 0.3) is 0 Å². The van der Waals surface area contributed by atoms with Crippen LogP contribution in [0.25, 0.3) is 0 Å². The van der Waals surface area contributed by atoms with Gasteiger partial charge in [-0.2, -0.15) is 0 Å². The molecule has 0 spiro atoms. The van der Waals surface area contributed by atoms with E-state index in [-0.39, 0.29) is 5.54 Å². The minimum absolute atomic E-state index is 0.346. The van der Waals surface area contributed by atoms with Gasteiger partial charge in [0.05, 0.1) is 17.8 Å². The van der Waals surface area contributed by atoms with Gasteiger partial charge in [0.2, 0.25) is 0 Å². The van der Waals surface area contributed by atoms with Crippen LogP contribution in [0.4, 0.5) is 0 Å². The Morgan fingerprint density at radius 3 is 3.00 bits per heavy atom. The summed E-state index contributed by atoms with van der Waals surface area (Å²) in [6, 6.07) is 5.80. The zero-order chi connectivity index (χ0) is 8.44. The van der Waals surface area contributed by atoms with Crippen molar-refractivity contribution in [3.05, 3.63) is 30.1 Å². The third-order valence-electron chi connectivity index (χ3n) is 2.23. The smallest absolute Gasteiger partial charge is 0.0842 e. The third kappa shape index (κ3) is 1.21. The van der Waals surface area contributed by atoms with Crippen molar-refractivity contribution < 1.29 is 4.74 Å². The highest BCUT2D eigenvalue weighted by Gasteiger charge is 2.33. The van der Waals surface area contributed by atoms with E-state index < -0.39 is 0 Å². The fourth-order valence-corrected chi connectivity index (χ4v) is 1.44. The minimum atomic E-state index is -0.346. The van der Waals surface area contributed by atoms with Gasteiger partial charge >= 0.3 is 0 Å². The Labute approximate surface area is 71.6 Å². The number of nitrogens with two attached hydrogens (primary N) is 1. The van der Waals surface area contributed by atoms with Crippen molar-refractivity contribution in [3.8, 4) is 0 Å². The summed E-state index contributed by atoms with van der Waals surface area (Å²) in [7, 11) is 0. The van der Waals surface area contributed by atoms with E-state index in [1.54, 1.807) is 6.20 Å². The lowest BCUT2D eigenvalue weighted by molar-refractivity contribution is 0.177. The monoisotopic (exact) mass is 164 g/mol. The van der Waals surface area contributed by atoms with Gasteiger partial charge in [-0.15, -0.1) is 0 Å². The Morgan fingerprint density at radius 1 is 1.50 bits per heavy atom. The normalized spacial score (nSPS) is 29.1. The van der Waals surface area contributed by atoms with Gasteiger partial charge in [-0.25, -0.2) is 0 Å². The summed E-state index contributed by atoms with van der Waals surface area (Å²) in [5.41, 5.74) is 6.68. The summed E-state index contributed by atoms with van der Waals surface area (Å²) >= 11 is 0. The lowest BCUT2D eigenvalue weighted by atomic mass is 9.95. The number of nitrogens with zero attached hydrogens (tertiary/aromatic N) is 1. The first-order valence-electron chi connectivity index (χ1n) is 4.09. The molecule has 0 radical (unpaired) electrons. The number of pyridine rings is 1. The molecule has 1 atom stereocenters. The summed E-state index contributed by atoms with van der Waals surface area (Å²) in [4.78, 5) is 4.23. The largest absolute Gasteiger partial charge is 0.379 e. The molecule has 0 bridgehead atoms. The molecule has 1 fully saturated rings. The van der Waals surface area contributed by atoms with Crippen LogP contribution in [0.15, 0.2) is 24.4 Å². The molecule has 0 amide bonds. The van der Waals surface area contributed by atoms with Crippen LogP contribution >= 0.6 is 0 Å². The van der Waals surface area contributed by atoms with Crippen molar-refractivity contribution in [3.63, 3.8) is 0 Å². The molecule has 1 aromatic rings. The Hall–Kier alpha value is -0.930. The van der Waals surface area contributed by atoms with Gasteiger partial charge < -0.3 is 10.5 Å². The molecule has 1 aliphatic heterocycles. The predicted molar refractivity (Wildman–Crippen MR) is 45.5 cm³/mol. The van der Waals surface area contributed by atoms with Crippen molar-refractivity contribution in [1.82, 2.24) is 4.98 Å². The topological polar surface area (TPSA) is 48.1 Å². The number of aromatic nitrogens is 1. The first kappa shape index (κ1) is 7.71. The van der Waals surface area contributed by atoms with E-state index >= 15 is 0 Å². The Balaban J connectivity index is 2.29. The van der Waals surface area contributed by atoms with Crippen LogP contribution in [0.1, 0.15) is 12.1 Å². The zero-order valence-electron chi connectivity index (χ0n) is 6.86. The van der Waals surface area contributed by atoms with Crippen LogP contribution in [0, 0.1) is 0 Å². The van der Waals surface area contributed by atoms with Crippen LogP contribution < -0.4 is 5.73 Å². The maximum absolute atomic E-state index is 6.09. The maximum Gasteiger partial charge on any atom is 0.0842 e. The summed E-state index contributed by atoms with van der Waals surface area (Å²) in [5, 5.41) is 0. The van der Waals surface area contributed by atoms with Crippen molar-refractivity contribution in [2.45, 2.75) is 12.0 Å². The number of hydrogen-bond donors (Lipinski definition) is 1. The fraction of sp³-hybridized carbons (Fsp3) is 0.444. The first-order chi connectivity index (χ1) is 5.81. The molecule has 3 heteroatoms. The summed E-state index contributed by atoms with van der Waals surface area (Å²) < 4.78 is 5.25. The maximum atomic E-state index is 6.09. The second-order valence-electron chi connectivity index (χ2n) is 3.17. The highest BCUT2D eigenvalue weighted by atomic mass is 16.5. The predicted octanol–water partition coefficient (Wildman–Crippen LogP) is 0.656. The van der Waals surface area contributed by atoms with E-state index in [4.69, 9.17) is 10.5 Å². The number of hydrogen-bond acceptors (Lipinski definition) is 3. The molecular weight excluding hydrogens is 152 g/mol. The molecule has 0 aliphatic carbocycles. The van der Waals surface area contributed by atoms with Crippen LogP contribution in [0.3, 0.4) is 0 Å². The average Bonchev–Trinajstić information content (AvgIpc) is 2.55. The van der Waals surface area contributed by atoms with Gasteiger partial charge in [-0.3, -0.25) is 4.98 Å². The van der Waals surface area contributed by atoms with Gasteiger partial charge in [-0.05, 0) is 18.6 Å². The molecular formula is C9H12N2O. The van der Waals surface area contributed by atoms with Crippen LogP contribution in [-0.4, -0.2) is 18.2 Å². The average molecular weight is 164 g/mol. The Bertz CT molecular complexity index is 254. The third-order valence-corrected chi connectivity index (χ3v) is 2.23. The van der Waals surface area contributed by atoms with Crippen molar-refractivity contribution in [2.75, 3.05) is 13.2 Å². The molecule has 2 rings (SSSR count). The van der Waals surface area contributed by atoms with E-state index in [1.807, 2.05) is 18.2 Å². The first-order valence-corrected chi connectivity index (χ1v) is 4.09. The second-order valence-corrected chi connectivity index (χ2v) is 3.17. The molecule has 12 heavy (non-hydrogen) atoms. The standard InChI is InChI=1S/C9H12N2O/c10-9(4-6-12-7-9)8-3-1-2-5-11-8/h1-3,5H,4,6-7,10H2. The molecule has 64 valence electrons. The van der Waals surface area contributed by atoms with Gasteiger partial charge in [0.1, 0.15) is 0 Å². The summed E-state index contributed by atoms with van der Waals surface area (Å²) in [5.74, 6) is 0. The van der Waals surface area contributed by atoms with Gasteiger partial charge in [-0.1, -0.05) is 6.07 Å². The van der Waals surface area contributed by atoms with E-state index in [1.165, 1.54) is 0 Å². The Kier molecular flexibility index (Phi) is 1.83. The van der Waals surface area contributed by atoms with E-state index in [2.05, 4.69) is 4.98 Å². The van der Waals surface area contributed by atoms with Crippen molar-refractivity contribution in [2.24, 2.45) is 5.73 Å². The molecule has 2 N–H and O–H groups in total. The molecule has 1 unspecified atom stereocenters. The molecule has 2 heterocycles. The molecule has 3 nitrogen and oxygen atoms in total. The molecule has 1 aliphatic rings. The lowest BCUT2D eigenvalue weighted by Gasteiger charge is -2.20. The molecule has 0 saturated carbocycles. The van der Waals surface area contributed by atoms with Crippen LogP contribution in [-0.2, 0) is 10.3 Å². The summed E-state index contributed by atoms with van der Waals surface area (Å²) in [6.45, 7) is 1.33. The highest BCUT2D eigenvalue weighted by molar-refractivity contribution is 5.16. The minimum Gasteiger partial charge on any atom is -0.379 e. The highest BCUT2D eigenvalue weighted by Crippen LogP contribution is 2.25. The van der Waals surface area contributed by atoms with Crippen molar-refractivity contribution >= 4 is 0 Å². The number of ether oxygens (including phenoxy) is 1. The fourth-order valence-electron chi connectivity index (χ4n) is 1.44. The molecule has 1 aromatic heterocycles. The molecule has 0 aromatic carbocycles. The summed E-state index contributed by atoms with van der Waals surface area (Å²) in [6.07, 6.45) is 2.63. The van der Waals surface area contributed by atoms with E-state index in [0.717, 1.165) is 18.7 Å². The number of rotatable bonds is 1. The SMILES string of the molecule is NC1(c2ccccn2)CCOC1. The second kappa shape index (κ2) is 2.84. The van der Waals surface area contributed by atoms with E-state index in [9.17, 15) is 0 Å². The zero-order valence-corrected chi connectivity index (χ0v) is 6.86. The quantitative estimate of drug-likeness (QED) is 0.663. The van der Waals surface area contributed by atoms with Gasteiger partial charge in [0, 0.05) is 12.8 Å². The lowest BCUT2D eigenvalue weighted by Crippen LogP contribution is -2.37. The molecule has 1 saturated heterocycles. The van der Waals surface area contributed by atoms with Gasteiger partial charge in [0.15, 0.2) is 0 Å². The van der Waals surface area contributed by atoms with E-state index in [0.29, 0.717) is 6.61 Å². The Morgan fingerprint density at radius 2 is 2.42 bits per heavy atom. The van der Waals surface area contributed by atoms with Crippen LogP contribution in [0.2, 0.25) is 0 Å². The van der Waals surface area contributed by atoms with Crippen molar-refractivity contribution in [1.29, 1.82) is 0 Å².